The molecule has 4 rings (SSSR count). The normalized spacial score (nSPS) is 14.2. The van der Waals surface area contributed by atoms with Crippen molar-refractivity contribution in [2.24, 2.45) is 5.92 Å². The molecule has 6 heteroatoms. The van der Waals surface area contributed by atoms with Gasteiger partial charge in [-0.25, -0.2) is 0 Å². The Morgan fingerprint density at radius 1 is 1.25 bits per heavy atom. The number of halogens is 1. The highest BCUT2D eigenvalue weighted by Gasteiger charge is 2.24. The second-order valence-corrected chi connectivity index (χ2v) is 6.64. The molecule has 0 unspecified atom stereocenters. The summed E-state index contributed by atoms with van der Waals surface area (Å²) in [4.78, 5) is 4.12. The first-order valence-electron chi connectivity index (χ1n) is 8.35. The van der Waals surface area contributed by atoms with E-state index in [0.29, 0.717) is 23.0 Å². The number of ether oxygens (including phenoxy) is 1. The van der Waals surface area contributed by atoms with Crippen LogP contribution >= 0.6 is 11.6 Å². The summed E-state index contributed by atoms with van der Waals surface area (Å²) in [7, 11) is 0. The molecular formula is C18H19ClN4O. The number of aromatic nitrogens is 4. The maximum absolute atomic E-state index is 6.44. The van der Waals surface area contributed by atoms with E-state index in [1.807, 2.05) is 28.9 Å². The van der Waals surface area contributed by atoms with E-state index in [1.54, 1.807) is 6.20 Å². The van der Waals surface area contributed by atoms with E-state index in [4.69, 9.17) is 16.3 Å². The summed E-state index contributed by atoms with van der Waals surface area (Å²) in [6.45, 7) is 0.605. The summed E-state index contributed by atoms with van der Waals surface area (Å²) in [5.41, 5.74) is 1.89. The molecule has 1 saturated carbocycles. The van der Waals surface area contributed by atoms with Gasteiger partial charge in [0.25, 0.3) is 0 Å². The second-order valence-electron chi connectivity index (χ2n) is 6.26. The Bertz CT molecular complexity index is 830. The summed E-state index contributed by atoms with van der Waals surface area (Å²) in [5.74, 6) is 2.41. The Hall–Kier alpha value is -2.14. The molecule has 1 fully saturated rings. The number of nitrogens with zero attached hydrogens (tertiary/aromatic N) is 4. The van der Waals surface area contributed by atoms with Gasteiger partial charge < -0.3 is 4.74 Å². The van der Waals surface area contributed by atoms with Crippen LogP contribution in [-0.2, 0) is 12.8 Å². The lowest BCUT2D eigenvalue weighted by Crippen LogP contribution is -2.02. The Balaban J connectivity index is 1.40. The van der Waals surface area contributed by atoms with Crippen LogP contribution in [0.5, 0.6) is 5.75 Å². The fraction of sp³-hybridized carbons (Fsp3) is 0.389. The summed E-state index contributed by atoms with van der Waals surface area (Å²) in [6.07, 6.45) is 11.0. The third-order valence-corrected chi connectivity index (χ3v) is 4.67. The number of pyridine rings is 2. The number of aryl methyl sites for hydroxylation is 1. The van der Waals surface area contributed by atoms with Crippen LogP contribution < -0.4 is 4.74 Å². The number of rotatable bonds is 7. The first kappa shape index (κ1) is 15.4. The van der Waals surface area contributed by atoms with Crippen LogP contribution in [-0.4, -0.2) is 26.2 Å². The van der Waals surface area contributed by atoms with E-state index in [1.165, 1.54) is 18.4 Å². The van der Waals surface area contributed by atoms with Crippen LogP contribution in [0.1, 0.15) is 30.7 Å². The molecule has 124 valence electrons. The Morgan fingerprint density at radius 3 is 2.96 bits per heavy atom. The lowest BCUT2D eigenvalue weighted by molar-refractivity contribution is 0.311. The highest BCUT2D eigenvalue weighted by molar-refractivity contribution is 6.34. The smallest absolute Gasteiger partial charge is 0.183 e. The molecule has 0 saturated heterocycles. The van der Waals surface area contributed by atoms with Crippen molar-refractivity contribution in [2.75, 3.05) is 6.61 Å². The van der Waals surface area contributed by atoms with Gasteiger partial charge in [0.1, 0.15) is 16.6 Å². The van der Waals surface area contributed by atoms with Crippen LogP contribution in [0.15, 0.2) is 36.8 Å². The van der Waals surface area contributed by atoms with Gasteiger partial charge in [-0.15, -0.1) is 10.2 Å². The maximum atomic E-state index is 6.44. The average molecular weight is 343 g/mol. The van der Waals surface area contributed by atoms with Gasteiger partial charge in [-0.2, -0.15) is 0 Å². The van der Waals surface area contributed by atoms with Crippen LogP contribution in [0.4, 0.5) is 0 Å². The van der Waals surface area contributed by atoms with E-state index in [0.717, 1.165) is 31.0 Å². The first-order valence-corrected chi connectivity index (χ1v) is 8.73. The summed E-state index contributed by atoms with van der Waals surface area (Å²) >= 11 is 6.44. The highest BCUT2D eigenvalue weighted by Crippen LogP contribution is 2.33. The van der Waals surface area contributed by atoms with E-state index >= 15 is 0 Å². The minimum atomic E-state index is 0.536. The van der Waals surface area contributed by atoms with Gasteiger partial charge in [0.05, 0.1) is 6.61 Å². The van der Waals surface area contributed by atoms with Crippen molar-refractivity contribution in [1.29, 1.82) is 0 Å². The van der Waals surface area contributed by atoms with E-state index in [2.05, 4.69) is 21.2 Å². The molecular weight excluding hydrogens is 324 g/mol. The molecule has 0 N–H and O–H groups in total. The fourth-order valence-electron chi connectivity index (χ4n) is 2.79. The second kappa shape index (κ2) is 6.77. The van der Waals surface area contributed by atoms with Gasteiger partial charge >= 0.3 is 0 Å². The summed E-state index contributed by atoms with van der Waals surface area (Å²) in [6, 6.07) is 5.92. The topological polar surface area (TPSA) is 52.3 Å². The minimum Gasteiger partial charge on any atom is -0.492 e. The van der Waals surface area contributed by atoms with Gasteiger partial charge in [0.15, 0.2) is 5.65 Å². The van der Waals surface area contributed by atoms with Crippen molar-refractivity contribution >= 4 is 17.2 Å². The molecule has 5 nitrogen and oxygen atoms in total. The zero-order valence-corrected chi connectivity index (χ0v) is 14.1. The lowest BCUT2D eigenvalue weighted by Gasteiger charge is -2.09. The van der Waals surface area contributed by atoms with Crippen molar-refractivity contribution in [1.82, 2.24) is 19.6 Å². The zero-order valence-electron chi connectivity index (χ0n) is 13.4. The standard InChI is InChI=1S/C18H19ClN4O/c19-17-15(24-10-2-4-14-3-1-8-20-12-14)7-9-23-16(11-13-5-6-13)21-22-18(17)23/h1,3,7-9,12-13H,2,4-6,10-11H2. The van der Waals surface area contributed by atoms with Crippen molar-refractivity contribution in [3.63, 3.8) is 0 Å². The van der Waals surface area contributed by atoms with Gasteiger partial charge in [-0.3, -0.25) is 9.38 Å². The number of hydrogen-bond donors (Lipinski definition) is 0. The molecule has 3 aromatic heterocycles. The predicted molar refractivity (Wildman–Crippen MR) is 92.5 cm³/mol. The van der Waals surface area contributed by atoms with Crippen LogP contribution in [0.3, 0.4) is 0 Å². The third kappa shape index (κ3) is 3.36. The molecule has 0 aromatic carbocycles. The molecule has 0 bridgehead atoms. The van der Waals surface area contributed by atoms with Crippen LogP contribution in [0.25, 0.3) is 5.65 Å². The SMILES string of the molecule is Clc1c(OCCCc2cccnc2)ccn2c(CC3CC3)nnc12. The lowest BCUT2D eigenvalue weighted by atomic mass is 10.2. The van der Waals surface area contributed by atoms with E-state index < -0.39 is 0 Å². The molecule has 0 spiro atoms. The zero-order chi connectivity index (χ0) is 16.4. The molecule has 0 amide bonds. The van der Waals surface area contributed by atoms with Crippen molar-refractivity contribution in [3.8, 4) is 5.75 Å². The molecule has 0 aliphatic heterocycles. The largest absolute Gasteiger partial charge is 0.492 e. The Morgan fingerprint density at radius 2 is 2.17 bits per heavy atom. The number of fused-ring (bicyclic) bond motifs is 1. The molecule has 0 atom stereocenters. The van der Waals surface area contributed by atoms with Crippen LogP contribution in [0.2, 0.25) is 5.02 Å². The van der Waals surface area contributed by atoms with E-state index in [-0.39, 0.29) is 0 Å². The average Bonchev–Trinajstić information content (AvgIpc) is 3.33. The summed E-state index contributed by atoms with van der Waals surface area (Å²) in [5, 5.41) is 9.04. The van der Waals surface area contributed by atoms with Crippen molar-refractivity contribution < 1.29 is 4.74 Å². The van der Waals surface area contributed by atoms with Gasteiger partial charge in [-0.05, 0) is 49.3 Å². The molecule has 1 aliphatic rings. The van der Waals surface area contributed by atoms with Crippen LogP contribution in [0, 0.1) is 5.92 Å². The van der Waals surface area contributed by atoms with Gasteiger partial charge in [0.2, 0.25) is 0 Å². The van der Waals surface area contributed by atoms with E-state index in [9.17, 15) is 0 Å². The molecule has 3 aromatic rings. The Labute approximate surface area is 145 Å². The number of hydrogen-bond acceptors (Lipinski definition) is 4. The fourth-order valence-corrected chi connectivity index (χ4v) is 3.04. The third-order valence-electron chi connectivity index (χ3n) is 4.31. The van der Waals surface area contributed by atoms with Crippen molar-refractivity contribution in [3.05, 3.63) is 53.2 Å². The van der Waals surface area contributed by atoms with Gasteiger partial charge in [-0.1, -0.05) is 17.7 Å². The quantitative estimate of drug-likeness (QED) is 0.614. The first-order chi connectivity index (χ1) is 11.8. The predicted octanol–water partition coefficient (Wildman–Crippen LogP) is 3.74. The molecule has 3 heterocycles. The van der Waals surface area contributed by atoms with Crippen molar-refractivity contribution in [2.45, 2.75) is 32.1 Å². The van der Waals surface area contributed by atoms with Gasteiger partial charge in [0, 0.05) is 25.0 Å². The summed E-state index contributed by atoms with van der Waals surface area (Å²) < 4.78 is 7.81. The maximum Gasteiger partial charge on any atom is 0.183 e. The molecule has 24 heavy (non-hydrogen) atoms. The highest BCUT2D eigenvalue weighted by atomic mass is 35.5. The monoisotopic (exact) mass is 342 g/mol. The molecule has 1 aliphatic carbocycles. The Kier molecular flexibility index (Phi) is 4.34. The minimum absolute atomic E-state index is 0.536. The molecule has 0 radical (unpaired) electrons.